The van der Waals surface area contributed by atoms with Gasteiger partial charge in [-0.2, -0.15) is 0 Å². The summed E-state index contributed by atoms with van der Waals surface area (Å²) in [6.45, 7) is 6.37. The van der Waals surface area contributed by atoms with Crippen molar-refractivity contribution < 1.29 is 38.1 Å². The number of aliphatic hydroxyl groups is 2. The van der Waals surface area contributed by atoms with Crippen LogP contribution in [0.4, 0.5) is 24.3 Å². The normalized spacial score (nSPS) is 15.6. The second-order valence-electron chi connectivity index (χ2n) is 14.2. The smallest absolute Gasteiger partial charge is 0.409 e. The molecule has 280 valence electrons. The number of nitrogens with one attached hydrogen (secondary N) is 2. The third-order valence-electron chi connectivity index (χ3n) is 10.0. The Morgan fingerprint density at radius 1 is 0.906 bits per heavy atom. The zero-order valence-corrected chi connectivity index (χ0v) is 30.8. The maximum absolute atomic E-state index is 15.2. The predicted octanol–water partition coefficient (Wildman–Crippen LogP) is 6.84. The number of thiophene rings is 1. The van der Waals surface area contributed by atoms with E-state index in [1.807, 2.05) is 18.2 Å². The van der Waals surface area contributed by atoms with Crippen LogP contribution >= 0.6 is 11.3 Å². The molecule has 0 bridgehead atoms. The topological polar surface area (TPSA) is 131 Å². The van der Waals surface area contributed by atoms with Crippen molar-refractivity contribution in [1.29, 1.82) is 0 Å². The predicted molar refractivity (Wildman–Crippen MR) is 199 cm³/mol. The van der Waals surface area contributed by atoms with E-state index < -0.39 is 23.8 Å². The number of carbonyl (C=O) groups excluding carboxylic acids is 3. The van der Waals surface area contributed by atoms with Crippen molar-refractivity contribution >= 4 is 39.9 Å². The largest absolute Gasteiger partial charge is 0.453 e. The van der Waals surface area contributed by atoms with Crippen LogP contribution < -0.4 is 10.6 Å². The number of piperazine rings is 1. The molecule has 0 unspecified atom stereocenters. The summed E-state index contributed by atoms with van der Waals surface area (Å²) in [5.74, 6) is -2.52. The molecule has 0 atom stereocenters. The zero-order valence-electron chi connectivity index (χ0n) is 30.0. The highest BCUT2D eigenvalue weighted by Gasteiger charge is 2.36. The van der Waals surface area contributed by atoms with Gasteiger partial charge in [-0.15, -0.1) is 11.3 Å². The first kappa shape index (κ1) is 38.0. The number of hydrogen-bond acceptors (Lipinski definition) is 8. The molecule has 2 heterocycles. The minimum atomic E-state index is -1.60. The van der Waals surface area contributed by atoms with Crippen LogP contribution in [-0.2, 0) is 37.0 Å². The molecule has 3 aromatic carbocycles. The van der Waals surface area contributed by atoms with Crippen molar-refractivity contribution in [3.8, 4) is 0 Å². The molecule has 0 radical (unpaired) electrons. The molecule has 0 saturated carbocycles. The Hall–Kier alpha value is -4.69. The molecule has 1 aliphatic heterocycles. The SMILES string of the molecule is COC(=O)N1CCN(Cc2cccc(C(=O)Nc3sc4c(c3C(=O)Nc3cc(F)c(CCc5ccc(C(O)O)cc5)c(F)c3)CCCC4)c2)C(C)(C)C1. The van der Waals surface area contributed by atoms with E-state index in [1.165, 1.54) is 18.4 Å². The van der Waals surface area contributed by atoms with Crippen molar-refractivity contribution in [2.45, 2.75) is 70.7 Å². The molecule has 4 N–H and O–H groups in total. The maximum atomic E-state index is 15.2. The van der Waals surface area contributed by atoms with Gasteiger partial charge in [-0.3, -0.25) is 14.5 Å². The molecular weight excluding hydrogens is 703 g/mol. The summed E-state index contributed by atoms with van der Waals surface area (Å²) in [5, 5.41) is 24.6. The number of halogens is 2. The number of rotatable bonds is 10. The van der Waals surface area contributed by atoms with E-state index in [0.717, 1.165) is 53.0 Å². The van der Waals surface area contributed by atoms with Crippen LogP contribution in [0.2, 0.25) is 0 Å². The highest BCUT2D eigenvalue weighted by atomic mass is 32.1. The maximum Gasteiger partial charge on any atom is 0.409 e. The van der Waals surface area contributed by atoms with Gasteiger partial charge in [0.05, 0.1) is 12.7 Å². The molecule has 13 heteroatoms. The molecule has 2 aliphatic rings. The number of nitrogens with zero attached hydrogens (tertiary/aromatic N) is 2. The summed E-state index contributed by atoms with van der Waals surface area (Å²) in [6.07, 6.45) is 1.69. The van der Waals surface area contributed by atoms with Crippen LogP contribution in [0.1, 0.15) is 86.4 Å². The van der Waals surface area contributed by atoms with Crippen LogP contribution in [0.5, 0.6) is 0 Å². The molecule has 0 spiro atoms. The zero-order chi connectivity index (χ0) is 37.9. The lowest BCUT2D eigenvalue weighted by Gasteiger charge is -2.46. The molecule has 1 aromatic heterocycles. The number of hydrogen-bond donors (Lipinski definition) is 4. The van der Waals surface area contributed by atoms with E-state index in [9.17, 15) is 24.6 Å². The first-order valence-electron chi connectivity index (χ1n) is 17.7. The van der Waals surface area contributed by atoms with Gasteiger partial charge in [-0.1, -0.05) is 36.4 Å². The average molecular weight is 747 g/mol. The van der Waals surface area contributed by atoms with E-state index in [-0.39, 0.29) is 35.2 Å². The lowest BCUT2D eigenvalue weighted by molar-refractivity contribution is -0.0425. The summed E-state index contributed by atoms with van der Waals surface area (Å²) >= 11 is 1.36. The lowest BCUT2D eigenvalue weighted by atomic mass is 9.95. The van der Waals surface area contributed by atoms with E-state index in [2.05, 4.69) is 29.4 Å². The minimum Gasteiger partial charge on any atom is -0.453 e. The van der Waals surface area contributed by atoms with Crippen LogP contribution in [0, 0.1) is 11.6 Å². The fourth-order valence-corrected chi connectivity index (χ4v) is 8.38. The van der Waals surface area contributed by atoms with Crippen molar-refractivity contribution in [2.75, 3.05) is 37.4 Å². The van der Waals surface area contributed by atoms with Crippen LogP contribution in [0.3, 0.4) is 0 Å². The summed E-state index contributed by atoms with van der Waals surface area (Å²) in [4.78, 5) is 44.6. The third-order valence-corrected chi connectivity index (χ3v) is 11.2. The van der Waals surface area contributed by atoms with Gasteiger partial charge in [0.2, 0.25) is 0 Å². The monoisotopic (exact) mass is 746 g/mol. The quantitative estimate of drug-likeness (QED) is 0.131. The standard InChI is InChI=1S/C40H44F2N4O6S/c1-40(2)23-45(39(51)52-3)17-18-46(40)22-25-7-6-8-27(19-25)35(47)44-37-34(30-9-4-5-10-33(30)53-37)36(48)43-28-20-31(41)29(32(42)21-28)16-13-24-11-14-26(15-12-24)38(49)50/h6-8,11-12,14-15,19-21,38,49-50H,4-5,9-10,13,16-18,22-23H2,1-3H3,(H,43,48)(H,44,47). The Kier molecular flexibility index (Phi) is 11.6. The number of aryl methyl sites for hydroxylation is 2. The molecule has 10 nitrogen and oxygen atoms in total. The minimum absolute atomic E-state index is 0.0360. The Labute approximate surface area is 311 Å². The number of aliphatic hydroxyl groups excluding tert-OH is 1. The molecular formula is C40H44F2N4O6S. The van der Waals surface area contributed by atoms with Crippen molar-refractivity contribution in [3.05, 3.63) is 116 Å². The summed E-state index contributed by atoms with van der Waals surface area (Å²) in [5.41, 5.74) is 3.10. The average Bonchev–Trinajstić information content (AvgIpc) is 3.49. The van der Waals surface area contributed by atoms with Gasteiger partial charge in [0.1, 0.15) is 16.6 Å². The Balaban J connectivity index is 1.15. The van der Waals surface area contributed by atoms with E-state index in [1.54, 1.807) is 35.2 Å². The van der Waals surface area contributed by atoms with E-state index in [0.29, 0.717) is 60.7 Å². The Morgan fingerprint density at radius 2 is 1.62 bits per heavy atom. The van der Waals surface area contributed by atoms with Crippen molar-refractivity contribution in [1.82, 2.24) is 9.80 Å². The molecule has 6 rings (SSSR count). The summed E-state index contributed by atoms with van der Waals surface area (Å²) in [7, 11) is 1.37. The number of methoxy groups -OCH3 is 1. The van der Waals surface area contributed by atoms with Crippen molar-refractivity contribution in [3.63, 3.8) is 0 Å². The molecule has 1 saturated heterocycles. The van der Waals surface area contributed by atoms with Crippen molar-refractivity contribution in [2.24, 2.45) is 0 Å². The highest BCUT2D eigenvalue weighted by molar-refractivity contribution is 7.17. The van der Waals surface area contributed by atoms with Gasteiger partial charge in [0.25, 0.3) is 11.8 Å². The summed E-state index contributed by atoms with van der Waals surface area (Å²) < 4.78 is 35.4. The number of fused-ring (bicyclic) bond motifs is 1. The first-order chi connectivity index (χ1) is 25.3. The molecule has 4 aromatic rings. The van der Waals surface area contributed by atoms with E-state index in [4.69, 9.17) is 4.74 Å². The molecule has 1 fully saturated rings. The number of amides is 3. The van der Waals surface area contributed by atoms with Crippen LogP contribution in [0.15, 0.2) is 60.7 Å². The number of anilines is 2. The lowest BCUT2D eigenvalue weighted by Crippen LogP contribution is -2.59. The fraction of sp³-hybridized carbons (Fsp3) is 0.375. The number of carbonyl (C=O) groups is 3. The molecule has 53 heavy (non-hydrogen) atoms. The van der Waals surface area contributed by atoms with Gasteiger partial charge in [0.15, 0.2) is 6.29 Å². The Bertz CT molecular complexity index is 1970. The highest BCUT2D eigenvalue weighted by Crippen LogP contribution is 2.39. The Morgan fingerprint density at radius 3 is 2.30 bits per heavy atom. The third kappa shape index (κ3) is 8.76. The molecule has 1 aliphatic carbocycles. The van der Waals surface area contributed by atoms with Gasteiger partial charge in [-0.25, -0.2) is 13.6 Å². The number of benzene rings is 3. The van der Waals surface area contributed by atoms with E-state index >= 15 is 8.78 Å². The fourth-order valence-electron chi connectivity index (χ4n) is 7.10. The first-order valence-corrected chi connectivity index (χ1v) is 18.5. The van der Waals surface area contributed by atoms with Gasteiger partial charge < -0.3 is 30.5 Å². The molecule has 3 amide bonds. The second kappa shape index (κ2) is 16.1. The van der Waals surface area contributed by atoms with Gasteiger partial charge >= 0.3 is 6.09 Å². The number of ether oxygens (including phenoxy) is 1. The van der Waals surface area contributed by atoms with Crippen LogP contribution in [0.25, 0.3) is 0 Å². The van der Waals surface area contributed by atoms with Gasteiger partial charge in [0, 0.05) is 59.0 Å². The van der Waals surface area contributed by atoms with Crippen LogP contribution in [-0.4, -0.2) is 70.2 Å². The summed E-state index contributed by atoms with van der Waals surface area (Å²) in [6, 6.07) is 15.9. The van der Waals surface area contributed by atoms with Gasteiger partial charge in [-0.05, 0) is 93.3 Å². The second-order valence-corrected chi connectivity index (χ2v) is 15.3.